The number of aromatic hydroxyl groups is 1. The monoisotopic (exact) mass is 540 g/mol. The summed E-state index contributed by atoms with van der Waals surface area (Å²) in [6, 6.07) is 10.4. The molecule has 4 N–H and O–H groups in total. The molecule has 1 fully saturated rings. The Balaban J connectivity index is 1.81. The Hall–Kier alpha value is -4.15. The highest BCUT2D eigenvalue weighted by atomic mass is 16.3. The van der Waals surface area contributed by atoms with Crippen LogP contribution in [0.15, 0.2) is 53.3 Å². The highest BCUT2D eigenvalue weighted by molar-refractivity contribution is 6.24. The Morgan fingerprint density at radius 1 is 1.05 bits per heavy atom. The van der Waals surface area contributed by atoms with Crippen molar-refractivity contribution in [1.82, 2.24) is 0 Å². The van der Waals surface area contributed by atoms with Crippen LogP contribution < -0.4 is 0 Å². The molecule has 1 unspecified atom stereocenters. The number of benzene rings is 2. The van der Waals surface area contributed by atoms with E-state index in [0.29, 0.717) is 11.1 Å². The summed E-state index contributed by atoms with van der Waals surface area (Å²) >= 11 is 0. The quantitative estimate of drug-likeness (QED) is 0.324. The number of aliphatic hydroxyl groups excluding tert-OH is 2. The summed E-state index contributed by atoms with van der Waals surface area (Å²) in [6.07, 6.45) is 5.74. The number of phenols is 1. The lowest BCUT2D eigenvalue weighted by atomic mass is 9.43. The van der Waals surface area contributed by atoms with Gasteiger partial charge in [-0.3, -0.25) is 14.4 Å². The lowest BCUT2D eigenvalue weighted by Gasteiger charge is -2.59. The number of phenolic OH excluding ortho intramolecular Hbond substituents is 1. The summed E-state index contributed by atoms with van der Waals surface area (Å²) in [5, 5.41) is 45.9. The van der Waals surface area contributed by atoms with Gasteiger partial charge in [-0.15, -0.1) is 6.42 Å². The van der Waals surface area contributed by atoms with Crippen LogP contribution in [0.25, 0.3) is 16.9 Å². The molecular formula is C33H32O7. The second-order valence-corrected chi connectivity index (χ2v) is 12.2. The van der Waals surface area contributed by atoms with Crippen LogP contribution in [0.1, 0.15) is 57.7 Å². The van der Waals surface area contributed by atoms with E-state index >= 15 is 0 Å². The maximum absolute atomic E-state index is 14.4. The molecule has 3 aliphatic carbocycles. The molecule has 0 aromatic heterocycles. The minimum Gasteiger partial charge on any atom is -0.508 e. The fourth-order valence-electron chi connectivity index (χ4n) is 7.73. The van der Waals surface area contributed by atoms with Crippen molar-refractivity contribution in [3.05, 3.63) is 70.0 Å². The number of Topliss-reactive ketones (excluding diaryl/α,β-unsaturated/α-hetero) is 3. The van der Waals surface area contributed by atoms with E-state index in [9.17, 15) is 34.8 Å². The van der Waals surface area contributed by atoms with Gasteiger partial charge in [-0.2, -0.15) is 0 Å². The molecule has 0 saturated heterocycles. The number of terminal acetylenes is 1. The lowest BCUT2D eigenvalue weighted by molar-refractivity contribution is -0.178. The molecule has 0 aliphatic heterocycles. The molecule has 2 aromatic carbocycles. The predicted molar refractivity (Wildman–Crippen MR) is 149 cm³/mol. The Morgan fingerprint density at radius 3 is 2.23 bits per heavy atom. The molecule has 4 atom stereocenters. The molecule has 0 spiro atoms. The summed E-state index contributed by atoms with van der Waals surface area (Å²) < 4.78 is 0. The van der Waals surface area contributed by atoms with Gasteiger partial charge < -0.3 is 20.4 Å². The van der Waals surface area contributed by atoms with Crippen LogP contribution in [0.3, 0.4) is 0 Å². The Morgan fingerprint density at radius 2 is 1.68 bits per heavy atom. The maximum Gasteiger partial charge on any atom is 0.203 e. The molecular weight excluding hydrogens is 508 g/mol. The van der Waals surface area contributed by atoms with Crippen molar-refractivity contribution < 1.29 is 34.8 Å². The Labute approximate surface area is 232 Å². The number of allylic oxidation sites excluding steroid dienone is 1. The molecule has 7 heteroatoms. The van der Waals surface area contributed by atoms with E-state index in [1.807, 2.05) is 12.1 Å². The summed E-state index contributed by atoms with van der Waals surface area (Å²) in [6.45, 7) is 8.03. The van der Waals surface area contributed by atoms with Crippen molar-refractivity contribution in [2.24, 2.45) is 22.7 Å². The summed E-state index contributed by atoms with van der Waals surface area (Å²) in [4.78, 5) is 40.5. The minimum atomic E-state index is -2.63. The maximum atomic E-state index is 14.4. The first kappa shape index (κ1) is 27.4. The molecule has 7 nitrogen and oxygen atoms in total. The average Bonchev–Trinajstić information content (AvgIpc) is 2.86. The van der Waals surface area contributed by atoms with Crippen molar-refractivity contribution >= 4 is 23.1 Å². The number of hydrogen-bond acceptors (Lipinski definition) is 7. The van der Waals surface area contributed by atoms with Crippen LogP contribution >= 0.6 is 0 Å². The van der Waals surface area contributed by atoms with Gasteiger partial charge in [0.15, 0.2) is 17.2 Å². The Bertz CT molecular complexity index is 1620. The largest absolute Gasteiger partial charge is 0.508 e. The third-order valence-corrected chi connectivity index (χ3v) is 9.25. The smallest absolute Gasteiger partial charge is 0.203 e. The van der Waals surface area contributed by atoms with Gasteiger partial charge in [-0.25, -0.2) is 0 Å². The van der Waals surface area contributed by atoms with Gasteiger partial charge in [0.25, 0.3) is 0 Å². The zero-order chi connectivity index (χ0) is 29.5. The van der Waals surface area contributed by atoms with Crippen molar-refractivity contribution in [3.63, 3.8) is 0 Å². The summed E-state index contributed by atoms with van der Waals surface area (Å²) in [5.74, 6) is -2.84. The minimum absolute atomic E-state index is 0.0377. The number of carbonyl (C=O) groups excluding carboxylic acids is 3. The molecule has 0 heterocycles. The highest BCUT2D eigenvalue weighted by Crippen LogP contribution is 2.65. The number of ketones is 3. The van der Waals surface area contributed by atoms with Crippen LogP contribution in [0.5, 0.6) is 5.75 Å². The third kappa shape index (κ3) is 3.32. The van der Waals surface area contributed by atoms with E-state index in [-0.39, 0.29) is 35.6 Å². The first-order valence-corrected chi connectivity index (χ1v) is 13.3. The van der Waals surface area contributed by atoms with Crippen LogP contribution in [-0.2, 0) is 20.8 Å². The predicted octanol–water partition coefficient (Wildman–Crippen LogP) is 4.84. The van der Waals surface area contributed by atoms with E-state index in [2.05, 4.69) is 5.92 Å². The first-order valence-electron chi connectivity index (χ1n) is 13.3. The van der Waals surface area contributed by atoms with E-state index in [1.54, 1.807) is 45.9 Å². The fourth-order valence-corrected chi connectivity index (χ4v) is 7.73. The fraction of sp³-hybridized carbons (Fsp3) is 0.364. The van der Waals surface area contributed by atoms with E-state index in [1.165, 1.54) is 6.07 Å². The summed E-state index contributed by atoms with van der Waals surface area (Å²) in [7, 11) is 0. The molecule has 0 bridgehead atoms. The van der Waals surface area contributed by atoms with Crippen LogP contribution in [0.4, 0.5) is 0 Å². The SMILES string of the molecule is C#Cc1ccc(-c2ccc(O)c3c2C[C@]2(C)C[C@]4(C)C(C(C)C)C(=O)C(C(C)=O)=C(O)[C@]4(O)C(=O)C2=C3O)cc1. The van der Waals surface area contributed by atoms with E-state index in [0.717, 1.165) is 18.1 Å². The average molecular weight is 541 g/mol. The lowest BCUT2D eigenvalue weighted by Crippen LogP contribution is -2.69. The second kappa shape index (κ2) is 8.67. The highest BCUT2D eigenvalue weighted by Gasteiger charge is 2.72. The topological polar surface area (TPSA) is 132 Å². The second-order valence-electron chi connectivity index (χ2n) is 12.2. The summed E-state index contributed by atoms with van der Waals surface area (Å²) in [5.41, 5.74) is -3.08. The molecule has 40 heavy (non-hydrogen) atoms. The van der Waals surface area contributed by atoms with Crippen LogP contribution in [0, 0.1) is 35.0 Å². The molecule has 5 rings (SSSR count). The Kier molecular flexibility index (Phi) is 5.95. The normalized spacial score (nSPS) is 29.6. The van der Waals surface area contributed by atoms with Crippen molar-refractivity contribution in [1.29, 1.82) is 0 Å². The van der Waals surface area contributed by atoms with E-state index in [4.69, 9.17) is 6.42 Å². The molecule has 206 valence electrons. The molecule has 3 aliphatic rings. The zero-order valence-corrected chi connectivity index (χ0v) is 23.1. The van der Waals surface area contributed by atoms with Gasteiger partial charge in [0.1, 0.15) is 22.8 Å². The molecule has 1 saturated carbocycles. The van der Waals surface area contributed by atoms with Gasteiger partial charge in [-0.1, -0.05) is 51.8 Å². The van der Waals surface area contributed by atoms with Crippen molar-refractivity contribution in [3.8, 4) is 29.2 Å². The number of carbonyl (C=O) groups is 3. The van der Waals surface area contributed by atoms with Crippen molar-refractivity contribution in [2.75, 3.05) is 0 Å². The third-order valence-electron chi connectivity index (χ3n) is 9.25. The number of hydrogen-bond donors (Lipinski definition) is 4. The first-order chi connectivity index (χ1) is 18.6. The van der Waals surface area contributed by atoms with Crippen LogP contribution in [0.2, 0.25) is 0 Å². The number of aliphatic hydroxyl groups is 3. The molecule has 2 aromatic rings. The number of rotatable bonds is 3. The van der Waals surface area contributed by atoms with Gasteiger partial charge in [0.2, 0.25) is 5.78 Å². The molecule has 0 amide bonds. The van der Waals surface area contributed by atoms with Crippen LogP contribution in [-0.4, -0.2) is 43.4 Å². The van der Waals surface area contributed by atoms with E-state index < -0.39 is 56.8 Å². The van der Waals surface area contributed by atoms with Gasteiger partial charge in [-0.05, 0) is 60.6 Å². The van der Waals surface area contributed by atoms with Crippen molar-refractivity contribution in [2.45, 2.75) is 53.1 Å². The molecule has 0 radical (unpaired) electrons. The van der Waals surface area contributed by atoms with Gasteiger partial charge >= 0.3 is 0 Å². The van der Waals surface area contributed by atoms with Gasteiger partial charge in [0.05, 0.1) is 5.56 Å². The van der Waals surface area contributed by atoms with Gasteiger partial charge in [0, 0.05) is 27.9 Å². The zero-order valence-electron chi connectivity index (χ0n) is 23.1. The number of fused-ring (bicyclic) bond motifs is 3. The standard InChI is InChI=1S/C33H32O7/c1-7-18-8-10-19(11-9-18)20-12-13-22(35)24-21(20)14-31(5)15-32(6)25(16(2)3)27(36)23(17(4)34)29(38)33(32,40)30(39)26(31)28(24)37/h1,8-13,16,25,35,37-38,40H,14-15H2,2-6H3/t25?,31-,32-,33+/m1/s1.